The summed E-state index contributed by atoms with van der Waals surface area (Å²) in [5.74, 6) is -0.469. The minimum Gasteiger partial charge on any atom is -0.456 e. The van der Waals surface area contributed by atoms with Gasteiger partial charge in [-0.3, -0.25) is 4.79 Å². The first kappa shape index (κ1) is 12.1. The highest BCUT2D eigenvalue weighted by Gasteiger charge is 2.55. The Labute approximate surface area is 97.9 Å². The molecule has 96 valence electrons. The van der Waals surface area contributed by atoms with Crippen molar-refractivity contribution in [3.05, 3.63) is 0 Å². The summed E-state index contributed by atoms with van der Waals surface area (Å²) in [7, 11) is 1.44. The van der Waals surface area contributed by atoms with E-state index in [9.17, 15) is 9.59 Å². The Bertz CT molecular complexity index is 329. The molecule has 5 atom stereocenters. The molecule has 0 amide bonds. The van der Waals surface area contributed by atoms with Crippen LogP contribution in [0.25, 0.3) is 0 Å². The Kier molecular flexibility index (Phi) is 3.21. The SMILES string of the molecule is CO[C@@H]1O[C@@H](C)[C@H](OC(C)=O)[C@H]2OC(=O)O[C@@H]12. The number of ether oxygens (including phenoxy) is 5. The van der Waals surface area contributed by atoms with Crippen LogP contribution in [-0.2, 0) is 28.5 Å². The molecule has 0 spiro atoms. The van der Waals surface area contributed by atoms with Gasteiger partial charge in [-0.2, -0.15) is 0 Å². The molecule has 2 fully saturated rings. The molecule has 7 nitrogen and oxygen atoms in total. The molecule has 2 heterocycles. The molecule has 2 saturated heterocycles. The number of hydrogen-bond acceptors (Lipinski definition) is 7. The minimum absolute atomic E-state index is 0.445. The smallest absolute Gasteiger partial charge is 0.456 e. The van der Waals surface area contributed by atoms with Gasteiger partial charge in [0.15, 0.2) is 24.6 Å². The predicted molar refractivity (Wildman–Crippen MR) is 52.0 cm³/mol. The largest absolute Gasteiger partial charge is 0.509 e. The van der Waals surface area contributed by atoms with E-state index in [0.29, 0.717) is 0 Å². The third-order valence-electron chi connectivity index (χ3n) is 2.73. The second-order valence-electron chi connectivity index (χ2n) is 3.93. The van der Waals surface area contributed by atoms with Gasteiger partial charge in [0.25, 0.3) is 0 Å². The predicted octanol–water partition coefficient (Wildman–Crippen LogP) is 0.213. The van der Waals surface area contributed by atoms with Crippen LogP contribution in [0.4, 0.5) is 4.79 Å². The summed E-state index contributed by atoms with van der Waals surface area (Å²) >= 11 is 0. The van der Waals surface area contributed by atoms with Crippen molar-refractivity contribution in [2.45, 2.75) is 44.6 Å². The zero-order valence-corrected chi connectivity index (χ0v) is 9.74. The quantitative estimate of drug-likeness (QED) is 0.644. The molecular formula is C10H14O7. The molecule has 0 radical (unpaired) electrons. The van der Waals surface area contributed by atoms with Crippen molar-refractivity contribution in [2.75, 3.05) is 7.11 Å². The molecule has 7 heteroatoms. The zero-order chi connectivity index (χ0) is 12.6. The molecule has 0 aliphatic carbocycles. The van der Waals surface area contributed by atoms with E-state index in [-0.39, 0.29) is 0 Å². The molecule has 17 heavy (non-hydrogen) atoms. The molecule has 0 bridgehead atoms. The van der Waals surface area contributed by atoms with E-state index < -0.39 is 42.8 Å². The van der Waals surface area contributed by atoms with E-state index in [2.05, 4.69) is 0 Å². The number of carbonyl (C=O) groups is 2. The highest BCUT2D eigenvalue weighted by atomic mass is 16.8. The van der Waals surface area contributed by atoms with E-state index >= 15 is 0 Å². The Morgan fingerprint density at radius 2 is 1.94 bits per heavy atom. The van der Waals surface area contributed by atoms with Gasteiger partial charge in [0.2, 0.25) is 0 Å². The number of hydrogen-bond donors (Lipinski definition) is 0. The fourth-order valence-electron chi connectivity index (χ4n) is 2.03. The van der Waals surface area contributed by atoms with Crippen molar-refractivity contribution in [3.8, 4) is 0 Å². The lowest BCUT2D eigenvalue weighted by Gasteiger charge is -2.38. The van der Waals surface area contributed by atoms with Crippen molar-refractivity contribution in [1.29, 1.82) is 0 Å². The standard InChI is InChI=1S/C10H14O7/c1-4-6(15-5(2)11)7-8(9(13-3)14-4)17-10(12)16-7/h4,6-9H,1-3H3/t4-,6-,7+,8+,9+/m0/s1. The van der Waals surface area contributed by atoms with Crippen LogP contribution >= 0.6 is 0 Å². The number of carbonyl (C=O) groups excluding carboxylic acids is 2. The van der Waals surface area contributed by atoms with Crippen LogP contribution in [0.2, 0.25) is 0 Å². The Morgan fingerprint density at radius 3 is 2.53 bits per heavy atom. The van der Waals surface area contributed by atoms with Gasteiger partial charge >= 0.3 is 12.1 Å². The van der Waals surface area contributed by atoms with Crippen LogP contribution in [0.1, 0.15) is 13.8 Å². The normalized spacial score (nSPS) is 40.2. The number of rotatable bonds is 2. The maximum absolute atomic E-state index is 11.1. The molecule has 2 aliphatic heterocycles. The fourth-order valence-corrected chi connectivity index (χ4v) is 2.03. The Balaban J connectivity index is 2.18. The lowest BCUT2D eigenvalue weighted by molar-refractivity contribution is -0.264. The lowest BCUT2D eigenvalue weighted by atomic mass is 10.00. The summed E-state index contributed by atoms with van der Waals surface area (Å²) < 4.78 is 25.5. The van der Waals surface area contributed by atoms with E-state index in [0.717, 1.165) is 0 Å². The van der Waals surface area contributed by atoms with Gasteiger partial charge in [-0.1, -0.05) is 0 Å². The average Bonchev–Trinajstić information content (AvgIpc) is 2.63. The maximum atomic E-state index is 11.1. The van der Waals surface area contributed by atoms with E-state index in [1.807, 2.05) is 0 Å². The number of esters is 1. The van der Waals surface area contributed by atoms with Gasteiger partial charge in [0.1, 0.15) is 0 Å². The molecule has 0 aromatic carbocycles. The van der Waals surface area contributed by atoms with E-state index in [1.54, 1.807) is 6.92 Å². The van der Waals surface area contributed by atoms with Gasteiger partial charge in [-0.05, 0) is 6.92 Å². The molecule has 2 aliphatic rings. The van der Waals surface area contributed by atoms with Crippen molar-refractivity contribution in [3.63, 3.8) is 0 Å². The summed E-state index contributed by atoms with van der Waals surface area (Å²) in [5.41, 5.74) is 0. The molecule has 2 rings (SSSR count). The molecule has 0 unspecified atom stereocenters. The third-order valence-corrected chi connectivity index (χ3v) is 2.73. The third kappa shape index (κ3) is 2.20. The highest BCUT2D eigenvalue weighted by Crippen LogP contribution is 2.32. The summed E-state index contributed by atoms with van der Waals surface area (Å²) in [6.45, 7) is 2.99. The molecular weight excluding hydrogens is 232 g/mol. The first-order valence-electron chi connectivity index (χ1n) is 5.25. The van der Waals surface area contributed by atoms with Crippen LogP contribution < -0.4 is 0 Å². The first-order valence-corrected chi connectivity index (χ1v) is 5.25. The van der Waals surface area contributed by atoms with E-state index in [4.69, 9.17) is 23.7 Å². The zero-order valence-electron chi connectivity index (χ0n) is 9.74. The van der Waals surface area contributed by atoms with Gasteiger partial charge in [0.05, 0.1) is 6.10 Å². The Morgan fingerprint density at radius 1 is 1.29 bits per heavy atom. The van der Waals surface area contributed by atoms with Gasteiger partial charge < -0.3 is 23.7 Å². The summed E-state index contributed by atoms with van der Waals surface area (Å²) in [6, 6.07) is 0. The van der Waals surface area contributed by atoms with Crippen molar-refractivity contribution >= 4 is 12.1 Å². The number of fused-ring (bicyclic) bond motifs is 1. The van der Waals surface area contributed by atoms with Crippen molar-refractivity contribution < 1.29 is 33.3 Å². The molecule has 0 aromatic rings. The van der Waals surface area contributed by atoms with Crippen molar-refractivity contribution in [2.24, 2.45) is 0 Å². The first-order chi connectivity index (χ1) is 8.02. The average molecular weight is 246 g/mol. The van der Waals surface area contributed by atoms with Gasteiger partial charge in [-0.25, -0.2) is 4.79 Å². The van der Waals surface area contributed by atoms with Gasteiger partial charge in [-0.15, -0.1) is 0 Å². The van der Waals surface area contributed by atoms with E-state index in [1.165, 1.54) is 14.0 Å². The summed E-state index contributed by atoms with van der Waals surface area (Å²) in [6.07, 6.45) is -4.06. The summed E-state index contributed by atoms with van der Waals surface area (Å²) in [5, 5.41) is 0. The fraction of sp³-hybridized carbons (Fsp3) is 0.800. The summed E-state index contributed by atoms with van der Waals surface area (Å²) in [4.78, 5) is 22.1. The highest BCUT2D eigenvalue weighted by molar-refractivity contribution is 5.67. The van der Waals surface area contributed by atoms with Gasteiger partial charge in [0, 0.05) is 14.0 Å². The minimum atomic E-state index is -0.808. The van der Waals surface area contributed by atoms with Crippen LogP contribution in [-0.4, -0.2) is 49.9 Å². The van der Waals surface area contributed by atoms with Crippen LogP contribution in [0.3, 0.4) is 0 Å². The number of methoxy groups -OCH3 is 1. The topological polar surface area (TPSA) is 80.3 Å². The van der Waals surface area contributed by atoms with Crippen molar-refractivity contribution in [1.82, 2.24) is 0 Å². The Hall–Kier alpha value is -1.34. The molecule has 0 saturated carbocycles. The second-order valence-corrected chi connectivity index (χ2v) is 3.93. The van der Waals surface area contributed by atoms with Crippen LogP contribution in [0, 0.1) is 0 Å². The molecule has 0 aromatic heterocycles. The van der Waals surface area contributed by atoms with Crippen LogP contribution in [0.15, 0.2) is 0 Å². The van der Waals surface area contributed by atoms with Crippen LogP contribution in [0.5, 0.6) is 0 Å². The second kappa shape index (κ2) is 4.50. The molecule has 0 N–H and O–H groups in total. The monoisotopic (exact) mass is 246 g/mol. The maximum Gasteiger partial charge on any atom is 0.509 e. The lowest BCUT2D eigenvalue weighted by Crippen LogP contribution is -2.57.